The van der Waals surface area contributed by atoms with Crippen LogP contribution >= 0.6 is 11.6 Å². The minimum atomic E-state index is -0.137. The first-order valence-electron chi connectivity index (χ1n) is 7.67. The molecule has 1 unspecified atom stereocenters. The normalized spacial score (nSPS) is 26.7. The van der Waals surface area contributed by atoms with Gasteiger partial charge in [0.15, 0.2) is 0 Å². The second kappa shape index (κ2) is 6.32. The predicted octanol–water partition coefficient (Wildman–Crippen LogP) is 2.50. The lowest BCUT2D eigenvalue weighted by atomic mass is 9.95. The lowest BCUT2D eigenvalue weighted by Gasteiger charge is -2.34. The van der Waals surface area contributed by atoms with Gasteiger partial charge in [0, 0.05) is 19.7 Å². The Balaban J connectivity index is 1.77. The van der Waals surface area contributed by atoms with Gasteiger partial charge in [-0.2, -0.15) is 15.0 Å². The van der Waals surface area contributed by atoms with E-state index in [1.54, 1.807) is 0 Å². The number of ether oxygens (including phenoxy) is 1. The van der Waals surface area contributed by atoms with Gasteiger partial charge in [0.1, 0.15) is 0 Å². The van der Waals surface area contributed by atoms with Gasteiger partial charge in [0.2, 0.25) is 17.2 Å². The van der Waals surface area contributed by atoms with Gasteiger partial charge in [-0.15, -0.1) is 0 Å². The SMILES string of the molecule is CC1(Nc2nc(Cl)nc(N3CCCCC3)n2)CCCOC1. The highest BCUT2D eigenvalue weighted by Gasteiger charge is 2.29. The number of anilines is 2. The lowest BCUT2D eigenvalue weighted by Crippen LogP contribution is -2.43. The molecule has 21 heavy (non-hydrogen) atoms. The fourth-order valence-electron chi connectivity index (χ4n) is 2.93. The number of nitrogens with zero attached hydrogens (tertiary/aromatic N) is 4. The summed E-state index contributed by atoms with van der Waals surface area (Å²) in [5.74, 6) is 1.22. The number of rotatable bonds is 3. The molecule has 0 bridgehead atoms. The van der Waals surface area contributed by atoms with Crippen molar-refractivity contribution >= 4 is 23.5 Å². The fraction of sp³-hybridized carbons (Fsp3) is 0.786. The molecule has 116 valence electrons. The van der Waals surface area contributed by atoms with Crippen molar-refractivity contribution in [3.05, 3.63) is 5.28 Å². The highest BCUT2D eigenvalue weighted by molar-refractivity contribution is 6.28. The molecule has 0 aromatic carbocycles. The van der Waals surface area contributed by atoms with E-state index in [1.807, 2.05) is 0 Å². The molecule has 0 saturated carbocycles. The van der Waals surface area contributed by atoms with Gasteiger partial charge in [0.05, 0.1) is 12.1 Å². The molecule has 1 aromatic heterocycles. The predicted molar refractivity (Wildman–Crippen MR) is 83.0 cm³/mol. The van der Waals surface area contributed by atoms with E-state index in [0.29, 0.717) is 18.5 Å². The molecule has 2 saturated heterocycles. The van der Waals surface area contributed by atoms with E-state index < -0.39 is 0 Å². The molecule has 0 amide bonds. The minimum absolute atomic E-state index is 0.137. The van der Waals surface area contributed by atoms with Crippen molar-refractivity contribution in [2.45, 2.75) is 44.6 Å². The zero-order chi connectivity index (χ0) is 14.7. The molecule has 0 radical (unpaired) electrons. The molecule has 1 N–H and O–H groups in total. The topological polar surface area (TPSA) is 63.2 Å². The van der Waals surface area contributed by atoms with E-state index in [4.69, 9.17) is 16.3 Å². The molecule has 2 aliphatic rings. The van der Waals surface area contributed by atoms with Crippen molar-refractivity contribution in [3.8, 4) is 0 Å². The maximum Gasteiger partial charge on any atom is 0.231 e. The Morgan fingerprint density at radius 3 is 2.67 bits per heavy atom. The van der Waals surface area contributed by atoms with Crippen LogP contribution < -0.4 is 10.2 Å². The van der Waals surface area contributed by atoms with Gasteiger partial charge in [-0.1, -0.05) is 0 Å². The van der Waals surface area contributed by atoms with Gasteiger partial charge in [-0.25, -0.2) is 0 Å². The van der Waals surface area contributed by atoms with Crippen LogP contribution in [-0.4, -0.2) is 46.8 Å². The molecule has 1 atom stereocenters. The fourth-order valence-corrected chi connectivity index (χ4v) is 3.09. The van der Waals surface area contributed by atoms with Crippen LogP contribution in [0.4, 0.5) is 11.9 Å². The number of piperidine rings is 1. The Morgan fingerprint density at radius 2 is 1.95 bits per heavy atom. The summed E-state index contributed by atoms with van der Waals surface area (Å²) in [6, 6.07) is 0. The van der Waals surface area contributed by atoms with E-state index in [2.05, 4.69) is 32.1 Å². The van der Waals surface area contributed by atoms with Crippen molar-refractivity contribution in [2.24, 2.45) is 0 Å². The molecule has 3 heterocycles. The van der Waals surface area contributed by atoms with Gasteiger partial charge in [0.25, 0.3) is 0 Å². The van der Waals surface area contributed by atoms with Gasteiger partial charge in [-0.3, -0.25) is 0 Å². The first-order valence-corrected chi connectivity index (χ1v) is 8.05. The number of hydrogen-bond acceptors (Lipinski definition) is 6. The number of halogens is 1. The molecule has 7 heteroatoms. The summed E-state index contributed by atoms with van der Waals surface area (Å²) in [5, 5.41) is 3.62. The third-order valence-electron chi connectivity index (χ3n) is 4.09. The molecule has 1 aromatic rings. The number of hydrogen-bond donors (Lipinski definition) is 1. The quantitative estimate of drug-likeness (QED) is 0.925. The van der Waals surface area contributed by atoms with Crippen LogP contribution in [0.1, 0.15) is 39.0 Å². The lowest BCUT2D eigenvalue weighted by molar-refractivity contribution is 0.0537. The summed E-state index contributed by atoms with van der Waals surface area (Å²) in [6.45, 7) is 5.59. The Kier molecular flexibility index (Phi) is 4.45. The summed E-state index contributed by atoms with van der Waals surface area (Å²) in [6.07, 6.45) is 5.71. The number of nitrogens with one attached hydrogen (secondary N) is 1. The van der Waals surface area contributed by atoms with E-state index in [9.17, 15) is 0 Å². The van der Waals surface area contributed by atoms with Gasteiger partial charge >= 0.3 is 0 Å². The maximum absolute atomic E-state index is 6.07. The summed E-state index contributed by atoms with van der Waals surface area (Å²) in [7, 11) is 0. The molecule has 0 spiro atoms. The van der Waals surface area contributed by atoms with E-state index in [-0.39, 0.29) is 10.8 Å². The first-order chi connectivity index (χ1) is 10.1. The van der Waals surface area contributed by atoms with Crippen molar-refractivity contribution in [3.63, 3.8) is 0 Å². The van der Waals surface area contributed by atoms with Crippen molar-refractivity contribution < 1.29 is 4.74 Å². The third kappa shape index (κ3) is 3.74. The highest BCUT2D eigenvalue weighted by Crippen LogP contribution is 2.24. The van der Waals surface area contributed by atoms with Crippen molar-refractivity contribution in [2.75, 3.05) is 36.5 Å². The zero-order valence-electron chi connectivity index (χ0n) is 12.4. The summed E-state index contributed by atoms with van der Waals surface area (Å²) >= 11 is 6.07. The van der Waals surface area contributed by atoms with Crippen LogP contribution in [0.2, 0.25) is 5.28 Å². The number of aromatic nitrogens is 3. The second-order valence-corrected chi connectivity index (χ2v) is 6.46. The smallest absolute Gasteiger partial charge is 0.231 e. The highest BCUT2D eigenvalue weighted by atomic mass is 35.5. The Bertz CT molecular complexity index is 486. The zero-order valence-corrected chi connectivity index (χ0v) is 13.2. The molecule has 2 aliphatic heterocycles. The minimum Gasteiger partial charge on any atom is -0.379 e. The van der Waals surface area contributed by atoms with Crippen LogP contribution in [0.25, 0.3) is 0 Å². The maximum atomic E-state index is 6.07. The van der Waals surface area contributed by atoms with Gasteiger partial charge in [-0.05, 0) is 50.6 Å². The molecular formula is C14H22ClN5O. The van der Waals surface area contributed by atoms with Crippen LogP contribution in [0.15, 0.2) is 0 Å². The Hall–Kier alpha value is -1.14. The molecular weight excluding hydrogens is 290 g/mol. The van der Waals surface area contributed by atoms with E-state index in [0.717, 1.165) is 32.5 Å². The average Bonchev–Trinajstić information content (AvgIpc) is 2.48. The largest absolute Gasteiger partial charge is 0.379 e. The Morgan fingerprint density at radius 1 is 1.14 bits per heavy atom. The standard InChI is InChI=1S/C14H22ClN5O/c1-14(6-5-9-21-10-14)19-12-16-11(15)17-13(18-12)20-7-3-2-4-8-20/h2-10H2,1H3,(H,16,17,18,19). The summed E-state index contributed by atoms with van der Waals surface area (Å²) in [4.78, 5) is 15.2. The van der Waals surface area contributed by atoms with Crippen LogP contribution in [0.3, 0.4) is 0 Å². The Labute approximate surface area is 130 Å². The van der Waals surface area contributed by atoms with Crippen LogP contribution in [-0.2, 0) is 4.74 Å². The third-order valence-corrected chi connectivity index (χ3v) is 4.26. The van der Waals surface area contributed by atoms with Crippen molar-refractivity contribution in [1.82, 2.24) is 15.0 Å². The summed E-state index contributed by atoms with van der Waals surface area (Å²) < 4.78 is 5.56. The molecule has 2 fully saturated rings. The summed E-state index contributed by atoms with van der Waals surface area (Å²) in [5.41, 5.74) is -0.137. The van der Waals surface area contributed by atoms with Crippen LogP contribution in [0.5, 0.6) is 0 Å². The molecule has 3 rings (SSSR count). The molecule has 0 aliphatic carbocycles. The molecule has 6 nitrogen and oxygen atoms in total. The van der Waals surface area contributed by atoms with E-state index in [1.165, 1.54) is 19.3 Å². The average molecular weight is 312 g/mol. The van der Waals surface area contributed by atoms with Crippen molar-refractivity contribution in [1.29, 1.82) is 0 Å². The second-order valence-electron chi connectivity index (χ2n) is 6.12. The van der Waals surface area contributed by atoms with Gasteiger partial charge < -0.3 is 15.0 Å². The monoisotopic (exact) mass is 311 g/mol. The van der Waals surface area contributed by atoms with E-state index >= 15 is 0 Å². The van der Waals surface area contributed by atoms with Crippen LogP contribution in [0, 0.1) is 0 Å². The first kappa shape index (κ1) is 14.8.